The van der Waals surface area contributed by atoms with Crippen LogP contribution in [-0.4, -0.2) is 58.7 Å². The van der Waals surface area contributed by atoms with Crippen LogP contribution in [0, 0.1) is 0 Å². The van der Waals surface area contributed by atoms with Crippen molar-refractivity contribution in [2.45, 2.75) is 32.4 Å². The van der Waals surface area contributed by atoms with Crippen molar-refractivity contribution < 1.29 is 8.42 Å². The van der Waals surface area contributed by atoms with Crippen molar-refractivity contribution in [1.82, 2.24) is 18.8 Å². The first-order chi connectivity index (χ1) is 14.3. The van der Waals surface area contributed by atoms with Gasteiger partial charge in [-0.1, -0.05) is 37.6 Å². The molecule has 2 aliphatic heterocycles. The quantitative estimate of drug-likeness (QED) is 0.614. The van der Waals surface area contributed by atoms with Crippen molar-refractivity contribution >= 4 is 38.5 Å². The van der Waals surface area contributed by atoms with Gasteiger partial charge in [-0.2, -0.15) is 4.31 Å². The number of rotatable bonds is 3. The third-order valence-electron chi connectivity index (χ3n) is 5.78. The predicted octanol–water partition coefficient (Wildman–Crippen LogP) is 3.54. The smallest absolute Gasteiger partial charge is 0.211 e. The van der Waals surface area contributed by atoms with Crippen LogP contribution < -0.4 is 4.90 Å². The van der Waals surface area contributed by atoms with Crippen molar-refractivity contribution in [2.24, 2.45) is 7.05 Å². The molecule has 3 aromatic rings. The van der Waals surface area contributed by atoms with Gasteiger partial charge in [-0.25, -0.2) is 18.4 Å². The number of para-hydroxylation sites is 2. The Morgan fingerprint density at radius 2 is 1.87 bits per heavy atom. The minimum atomic E-state index is -3.17. The van der Waals surface area contributed by atoms with Gasteiger partial charge in [0.1, 0.15) is 11.6 Å². The van der Waals surface area contributed by atoms with E-state index in [4.69, 9.17) is 16.6 Å². The van der Waals surface area contributed by atoms with E-state index in [0.29, 0.717) is 18.1 Å². The first-order valence-electron chi connectivity index (χ1n) is 10.1. The summed E-state index contributed by atoms with van der Waals surface area (Å²) in [6, 6.07) is 10.1. The number of aromatic nitrogens is 3. The summed E-state index contributed by atoms with van der Waals surface area (Å²) in [5.41, 5.74) is 2.78. The molecule has 2 aliphatic rings. The number of hydrogen-bond donors (Lipinski definition) is 0. The number of sulfonamides is 1. The molecule has 2 saturated heterocycles. The number of aryl methyl sites for hydroxylation is 1. The summed E-state index contributed by atoms with van der Waals surface area (Å²) in [6.45, 7) is 5.16. The fourth-order valence-electron chi connectivity index (χ4n) is 4.46. The highest BCUT2D eigenvalue weighted by molar-refractivity contribution is 7.88. The topological polar surface area (TPSA) is 71.3 Å². The zero-order valence-electron chi connectivity index (χ0n) is 17.6. The molecule has 0 spiro atoms. The van der Waals surface area contributed by atoms with Crippen LogP contribution in [0.5, 0.6) is 0 Å². The van der Waals surface area contributed by atoms with Crippen molar-refractivity contribution in [2.75, 3.05) is 24.2 Å². The Hall–Kier alpha value is -2.16. The van der Waals surface area contributed by atoms with Crippen molar-refractivity contribution in [3.05, 3.63) is 41.6 Å². The van der Waals surface area contributed by atoms with Crippen molar-refractivity contribution in [1.29, 1.82) is 0 Å². The SMILES string of the molecule is CC.Cn1c(-c2cc(N3C[C@H]4C[C@@H]3CN4S(C)(=O)=O)ncc2Cl)nc2ccccc21. The Bertz CT molecular complexity index is 1190. The number of pyridine rings is 1. The Kier molecular flexibility index (Phi) is 5.50. The lowest BCUT2D eigenvalue weighted by Crippen LogP contribution is -2.48. The van der Waals surface area contributed by atoms with Gasteiger partial charge in [0.25, 0.3) is 0 Å². The number of anilines is 1. The minimum Gasteiger partial charge on any atom is -0.351 e. The molecule has 0 aliphatic carbocycles. The molecular formula is C21H26ClN5O2S. The molecule has 4 heterocycles. The van der Waals surface area contributed by atoms with Gasteiger partial charge < -0.3 is 9.47 Å². The Balaban J connectivity index is 0.00000106. The number of hydrogen-bond acceptors (Lipinski definition) is 5. The molecule has 160 valence electrons. The van der Waals surface area contributed by atoms with Gasteiger partial charge >= 0.3 is 0 Å². The fraction of sp³-hybridized carbons (Fsp3) is 0.429. The van der Waals surface area contributed by atoms with E-state index in [1.807, 2.05) is 55.8 Å². The average Bonchev–Trinajstić information content (AvgIpc) is 3.43. The molecular weight excluding hydrogens is 422 g/mol. The normalized spacial score (nSPS) is 21.2. The third kappa shape index (κ3) is 3.46. The molecule has 30 heavy (non-hydrogen) atoms. The third-order valence-corrected chi connectivity index (χ3v) is 7.38. The molecule has 0 saturated carbocycles. The predicted molar refractivity (Wildman–Crippen MR) is 121 cm³/mol. The number of fused-ring (bicyclic) bond motifs is 3. The number of halogens is 1. The monoisotopic (exact) mass is 447 g/mol. The minimum absolute atomic E-state index is 0.0108. The van der Waals surface area contributed by atoms with E-state index < -0.39 is 10.0 Å². The van der Waals surface area contributed by atoms with Crippen LogP contribution in [0.3, 0.4) is 0 Å². The molecule has 5 rings (SSSR count). The number of benzene rings is 1. The van der Waals surface area contributed by atoms with E-state index in [0.717, 1.165) is 34.7 Å². The highest BCUT2D eigenvalue weighted by Gasteiger charge is 2.47. The number of piperazine rings is 1. The molecule has 1 aromatic carbocycles. The van der Waals surface area contributed by atoms with Crippen molar-refractivity contribution in [3.63, 3.8) is 0 Å². The van der Waals surface area contributed by atoms with Gasteiger partial charge in [-0.3, -0.25) is 0 Å². The highest BCUT2D eigenvalue weighted by atomic mass is 35.5. The second-order valence-electron chi connectivity index (χ2n) is 7.53. The highest BCUT2D eigenvalue weighted by Crippen LogP contribution is 2.38. The molecule has 0 amide bonds. The van der Waals surface area contributed by atoms with E-state index >= 15 is 0 Å². The van der Waals surface area contributed by atoms with Gasteiger partial charge in [0.05, 0.1) is 22.3 Å². The second-order valence-corrected chi connectivity index (χ2v) is 9.88. The van der Waals surface area contributed by atoms with Gasteiger partial charge in [-0.15, -0.1) is 0 Å². The van der Waals surface area contributed by atoms with Crippen molar-refractivity contribution in [3.8, 4) is 11.4 Å². The maximum atomic E-state index is 11.9. The molecule has 2 fully saturated rings. The molecule has 2 aromatic heterocycles. The van der Waals surface area contributed by atoms with E-state index in [2.05, 4.69) is 9.88 Å². The lowest BCUT2D eigenvalue weighted by atomic mass is 10.2. The summed E-state index contributed by atoms with van der Waals surface area (Å²) in [6.07, 6.45) is 3.77. The van der Waals surface area contributed by atoms with Gasteiger partial charge in [0.2, 0.25) is 10.0 Å². The largest absolute Gasteiger partial charge is 0.351 e. The summed E-state index contributed by atoms with van der Waals surface area (Å²) in [7, 11) is -1.19. The molecule has 9 heteroatoms. The molecule has 0 radical (unpaired) electrons. The van der Waals surface area contributed by atoms with Crippen LogP contribution in [0.2, 0.25) is 5.02 Å². The fourth-order valence-corrected chi connectivity index (χ4v) is 5.78. The maximum absolute atomic E-state index is 11.9. The van der Waals surface area contributed by atoms with Crippen LogP contribution in [0.4, 0.5) is 5.82 Å². The Morgan fingerprint density at radius 3 is 2.50 bits per heavy atom. The summed E-state index contributed by atoms with van der Waals surface area (Å²) in [4.78, 5) is 11.5. The van der Waals surface area contributed by atoms with Crippen LogP contribution in [0.15, 0.2) is 36.5 Å². The van der Waals surface area contributed by atoms with E-state index in [1.165, 1.54) is 6.26 Å². The zero-order chi connectivity index (χ0) is 21.6. The van der Waals surface area contributed by atoms with Gasteiger partial charge in [0.15, 0.2) is 0 Å². The van der Waals surface area contributed by atoms with E-state index in [1.54, 1.807) is 10.5 Å². The van der Waals surface area contributed by atoms with E-state index in [9.17, 15) is 8.42 Å². The van der Waals surface area contributed by atoms with Crippen LogP contribution >= 0.6 is 11.6 Å². The van der Waals surface area contributed by atoms with Crippen LogP contribution in [0.1, 0.15) is 20.3 Å². The summed E-state index contributed by atoms with van der Waals surface area (Å²) in [5, 5.41) is 0.546. The Morgan fingerprint density at radius 1 is 1.13 bits per heavy atom. The summed E-state index contributed by atoms with van der Waals surface area (Å²) < 4.78 is 27.5. The Labute approximate surface area is 182 Å². The molecule has 2 bridgehead atoms. The molecule has 7 nitrogen and oxygen atoms in total. The van der Waals surface area contributed by atoms with E-state index in [-0.39, 0.29) is 12.1 Å². The van der Waals surface area contributed by atoms with Gasteiger partial charge in [-0.05, 0) is 24.6 Å². The molecule has 2 atom stereocenters. The lowest BCUT2D eigenvalue weighted by molar-refractivity contribution is 0.371. The lowest BCUT2D eigenvalue weighted by Gasteiger charge is -2.33. The maximum Gasteiger partial charge on any atom is 0.211 e. The summed E-state index contributed by atoms with van der Waals surface area (Å²) >= 11 is 6.48. The molecule has 0 unspecified atom stereocenters. The average molecular weight is 448 g/mol. The second kappa shape index (κ2) is 7.83. The number of imidazole rings is 1. The van der Waals surface area contributed by atoms with Gasteiger partial charge in [0, 0.05) is 44.0 Å². The zero-order valence-corrected chi connectivity index (χ0v) is 19.2. The van der Waals surface area contributed by atoms with Crippen LogP contribution in [-0.2, 0) is 17.1 Å². The summed E-state index contributed by atoms with van der Waals surface area (Å²) in [5.74, 6) is 1.60. The standard InChI is InChI=1S/C19H20ClN5O2S.C2H6/c1-23-17-6-4-3-5-16(17)22-19(23)14-8-18(21-9-15(14)20)24-10-13-7-12(24)11-25(13)28(2,26)27;1-2/h3-6,8-9,12-13H,7,10-11H2,1-2H3;1-2H3/t12-,13-;/m1./s1. The van der Waals surface area contributed by atoms with Crippen LogP contribution in [0.25, 0.3) is 22.4 Å². The first-order valence-corrected chi connectivity index (χ1v) is 12.4. The molecule has 0 N–H and O–H groups in total. The first kappa shape index (κ1) is 21.1. The number of nitrogens with zero attached hydrogens (tertiary/aromatic N) is 5.